The van der Waals surface area contributed by atoms with Crippen molar-refractivity contribution in [2.75, 3.05) is 32.9 Å². The summed E-state index contributed by atoms with van der Waals surface area (Å²) in [7, 11) is 0. The zero-order chi connectivity index (χ0) is 16.7. The van der Waals surface area contributed by atoms with Gasteiger partial charge in [-0.2, -0.15) is 0 Å². The van der Waals surface area contributed by atoms with E-state index in [0.29, 0.717) is 45.8 Å². The van der Waals surface area contributed by atoms with Gasteiger partial charge in [0.25, 0.3) is 0 Å². The van der Waals surface area contributed by atoms with Crippen LogP contribution < -0.4 is 0 Å². The molecule has 1 amide bonds. The molecule has 2 aliphatic heterocycles. The lowest BCUT2D eigenvalue weighted by atomic mass is 9.97. The number of hydrogen-bond donors (Lipinski definition) is 0. The molecule has 0 aliphatic carbocycles. The number of carbonyl (C=O) groups is 2. The van der Waals surface area contributed by atoms with Gasteiger partial charge in [0.1, 0.15) is 0 Å². The van der Waals surface area contributed by atoms with Crippen LogP contribution in [0.1, 0.15) is 52.4 Å². The van der Waals surface area contributed by atoms with E-state index in [9.17, 15) is 9.59 Å². The third kappa shape index (κ3) is 5.77. The van der Waals surface area contributed by atoms with Crippen molar-refractivity contribution in [3.05, 3.63) is 0 Å². The molecule has 0 saturated carbocycles. The SMILES string of the molecule is CC(=O)N1CCC(C(=O)OCCCCCC2(C)OCCO2)CC1. The van der Waals surface area contributed by atoms with Crippen molar-refractivity contribution in [2.24, 2.45) is 5.92 Å². The molecule has 2 aliphatic rings. The average molecular weight is 327 g/mol. The molecule has 0 aromatic rings. The van der Waals surface area contributed by atoms with E-state index in [4.69, 9.17) is 14.2 Å². The molecule has 2 rings (SSSR count). The summed E-state index contributed by atoms with van der Waals surface area (Å²) < 4.78 is 16.5. The zero-order valence-electron chi connectivity index (χ0n) is 14.3. The minimum atomic E-state index is -0.415. The second-order valence-corrected chi connectivity index (χ2v) is 6.59. The van der Waals surface area contributed by atoms with Crippen molar-refractivity contribution in [1.29, 1.82) is 0 Å². The summed E-state index contributed by atoms with van der Waals surface area (Å²) in [4.78, 5) is 25.0. The summed E-state index contributed by atoms with van der Waals surface area (Å²) in [6, 6.07) is 0. The fourth-order valence-corrected chi connectivity index (χ4v) is 3.15. The molecule has 23 heavy (non-hydrogen) atoms. The summed E-state index contributed by atoms with van der Waals surface area (Å²) in [6.45, 7) is 6.70. The average Bonchev–Trinajstić information content (AvgIpc) is 2.97. The molecule has 6 nitrogen and oxygen atoms in total. The van der Waals surface area contributed by atoms with Crippen LogP contribution in [0.5, 0.6) is 0 Å². The van der Waals surface area contributed by atoms with Crippen molar-refractivity contribution < 1.29 is 23.8 Å². The number of esters is 1. The zero-order valence-corrected chi connectivity index (χ0v) is 14.3. The van der Waals surface area contributed by atoms with Crippen LogP contribution in [-0.2, 0) is 23.8 Å². The van der Waals surface area contributed by atoms with Crippen molar-refractivity contribution >= 4 is 11.9 Å². The monoisotopic (exact) mass is 327 g/mol. The molecule has 0 N–H and O–H groups in total. The standard InChI is InChI=1S/C17H29NO5/c1-14(19)18-9-6-15(7-10-18)16(20)21-11-5-3-4-8-17(2)22-12-13-23-17/h15H,3-13H2,1-2H3. The molecule has 2 saturated heterocycles. The molecule has 0 radical (unpaired) electrons. The first-order chi connectivity index (χ1) is 11.0. The molecule has 2 heterocycles. The molecule has 0 aromatic carbocycles. The van der Waals surface area contributed by atoms with E-state index in [1.807, 2.05) is 6.92 Å². The Morgan fingerprint density at radius 2 is 1.78 bits per heavy atom. The number of nitrogens with zero attached hydrogens (tertiary/aromatic N) is 1. The van der Waals surface area contributed by atoms with Gasteiger partial charge in [-0.1, -0.05) is 0 Å². The van der Waals surface area contributed by atoms with Gasteiger partial charge in [0.15, 0.2) is 5.79 Å². The molecule has 0 unspecified atom stereocenters. The van der Waals surface area contributed by atoms with Gasteiger partial charge >= 0.3 is 5.97 Å². The second-order valence-electron chi connectivity index (χ2n) is 6.59. The number of unbranched alkanes of at least 4 members (excludes halogenated alkanes) is 2. The maximum absolute atomic E-state index is 12.0. The van der Waals surface area contributed by atoms with Gasteiger partial charge in [0, 0.05) is 26.4 Å². The van der Waals surface area contributed by atoms with E-state index < -0.39 is 5.79 Å². The molecule has 132 valence electrons. The first kappa shape index (κ1) is 18.2. The predicted molar refractivity (Wildman–Crippen MR) is 84.7 cm³/mol. The highest BCUT2D eigenvalue weighted by Crippen LogP contribution is 2.25. The Balaban J connectivity index is 1.51. The number of carbonyl (C=O) groups excluding carboxylic acids is 2. The van der Waals surface area contributed by atoms with E-state index in [1.54, 1.807) is 11.8 Å². The minimum absolute atomic E-state index is 0.0511. The molecular formula is C17H29NO5. The Kier molecular flexibility index (Phi) is 6.84. The Bertz CT molecular complexity index is 398. The number of likely N-dealkylation sites (tertiary alicyclic amines) is 1. The van der Waals surface area contributed by atoms with Crippen LogP contribution in [-0.4, -0.2) is 55.5 Å². The van der Waals surface area contributed by atoms with Crippen LogP contribution in [0, 0.1) is 5.92 Å². The topological polar surface area (TPSA) is 65.1 Å². The third-order valence-corrected chi connectivity index (χ3v) is 4.69. The molecule has 2 fully saturated rings. The van der Waals surface area contributed by atoms with Crippen LogP contribution in [0.2, 0.25) is 0 Å². The maximum atomic E-state index is 12.0. The summed E-state index contributed by atoms with van der Waals surface area (Å²) in [5, 5.41) is 0. The first-order valence-corrected chi connectivity index (χ1v) is 8.70. The van der Waals surface area contributed by atoms with Crippen molar-refractivity contribution in [1.82, 2.24) is 4.90 Å². The summed E-state index contributed by atoms with van der Waals surface area (Å²) in [5.74, 6) is -0.491. The summed E-state index contributed by atoms with van der Waals surface area (Å²) in [6.07, 6.45) is 5.18. The lowest BCUT2D eigenvalue weighted by Crippen LogP contribution is -2.39. The van der Waals surface area contributed by atoms with Gasteiger partial charge < -0.3 is 19.1 Å². The number of amides is 1. The van der Waals surface area contributed by atoms with Crippen LogP contribution in [0.25, 0.3) is 0 Å². The van der Waals surface area contributed by atoms with Crippen molar-refractivity contribution in [2.45, 2.75) is 58.2 Å². The molecule has 0 atom stereocenters. The Labute approximate surface area is 138 Å². The van der Waals surface area contributed by atoms with Crippen LogP contribution >= 0.6 is 0 Å². The molecule has 0 bridgehead atoms. The highest BCUT2D eigenvalue weighted by Gasteiger charge is 2.30. The molecular weight excluding hydrogens is 298 g/mol. The van der Waals surface area contributed by atoms with Gasteiger partial charge in [-0.25, -0.2) is 0 Å². The highest BCUT2D eigenvalue weighted by atomic mass is 16.7. The van der Waals surface area contributed by atoms with Crippen molar-refractivity contribution in [3.8, 4) is 0 Å². The Morgan fingerprint density at radius 1 is 1.13 bits per heavy atom. The van der Waals surface area contributed by atoms with Gasteiger partial charge in [-0.05, 0) is 39.0 Å². The van der Waals surface area contributed by atoms with Gasteiger partial charge in [-0.3, -0.25) is 9.59 Å². The minimum Gasteiger partial charge on any atom is -0.465 e. The Hall–Kier alpha value is -1.14. The molecule has 6 heteroatoms. The van der Waals surface area contributed by atoms with E-state index in [-0.39, 0.29) is 17.8 Å². The second kappa shape index (κ2) is 8.64. The quantitative estimate of drug-likeness (QED) is 0.529. The highest BCUT2D eigenvalue weighted by molar-refractivity contribution is 5.75. The number of rotatable bonds is 7. The summed E-state index contributed by atoms with van der Waals surface area (Å²) >= 11 is 0. The molecule has 0 spiro atoms. The van der Waals surface area contributed by atoms with Crippen LogP contribution in [0.15, 0.2) is 0 Å². The normalized spacial score (nSPS) is 21.4. The lowest BCUT2D eigenvalue weighted by molar-refractivity contribution is -0.152. The van der Waals surface area contributed by atoms with E-state index in [1.165, 1.54) is 0 Å². The lowest BCUT2D eigenvalue weighted by Gasteiger charge is -2.30. The smallest absolute Gasteiger partial charge is 0.309 e. The Morgan fingerprint density at radius 3 is 2.39 bits per heavy atom. The van der Waals surface area contributed by atoms with Crippen LogP contribution in [0.3, 0.4) is 0 Å². The first-order valence-electron chi connectivity index (χ1n) is 8.70. The van der Waals surface area contributed by atoms with E-state index in [0.717, 1.165) is 25.7 Å². The van der Waals surface area contributed by atoms with Gasteiger partial charge in [-0.15, -0.1) is 0 Å². The maximum Gasteiger partial charge on any atom is 0.309 e. The number of piperidine rings is 1. The largest absolute Gasteiger partial charge is 0.465 e. The van der Waals surface area contributed by atoms with Gasteiger partial charge in [0.2, 0.25) is 5.91 Å². The predicted octanol–water partition coefficient (Wildman–Crippen LogP) is 2.11. The fourth-order valence-electron chi connectivity index (χ4n) is 3.15. The van der Waals surface area contributed by atoms with Gasteiger partial charge in [0.05, 0.1) is 25.7 Å². The van der Waals surface area contributed by atoms with E-state index in [2.05, 4.69) is 0 Å². The van der Waals surface area contributed by atoms with Crippen LogP contribution in [0.4, 0.5) is 0 Å². The number of ether oxygens (including phenoxy) is 3. The fraction of sp³-hybridized carbons (Fsp3) is 0.882. The number of hydrogen-bond acceptors (Lipinski definition) is 5. The molecule has 0 aromatic heterocycles. The van der Waals surface area contributed by atoms with E-state index >= 15 is 0 Å². The summed E-state index contributed by atoms with van der Waals surface area (Å²) in [5.41, 5.74) is 0. The van der Waals surface area contributed by atoms with Crippen molar-refractivity contribution in [3.63, 3.8) is 0 Å². The third-order valence-electron chi connectivity index (χ3n) is 4.69.